The average Bonchev–Trinajstić information content (AvgIpc) is 2.42. The second-order valence-electron chi connectivity index (χ2n) is 4.34. The molecule has 0 amide bonds. The molecule has 0 saturated carbocycles. The lowest BCUT2D eigenvalue weighted by atomic mass is 10.2. The van der Waals surface area contributed by atoms with E-state index in [-0.39, 0.29) is 4.90 Å². The van der Waals surface area contributed by atoms with Crippen molar-refractivity contribution in [1.29, 1.82) is 0 Å². The molecule has 20 heavy (non-hydrogen) atoms. The highest BCUT2D eigenvalue weighted by atomic mass is 32.2. The van der Waals surface area contributed by atoms with E-state index < -0.39 is 15.8 Å². The molecule has 0 bridgehead atoms. The molecule has 2 N–H and O–H groups in total. The lowest BCUT2D eigenvalue weighted by molar-refractivity contribution is 0.601. The van der Waals surface area contributed by atoms with Gasteiger partial charge < -0.3 is 5.32 Å². The van der Waals surface area contributed by atoms with Gasteiger partial charge >= 0.3 is 0 Å². The zero-order valence-corrected chi connectivity index (χ0v) is 12.0. The van der Waals surface area contributed by atoms with Crippen molar-refractivity contribution in [1.82, 2.24) is 0 Å². The number of rotatable bonds is 4. The maximum atomic E-state index is 13.0. The van der Waals surface area contributed by atoms with Crippen LogP contribution < -0.4 is 10.0 Å². The number of aryl methyl sites for hydroxylation is 1. The Morgan fingerprint density at radius 3 is 2.25 bits per heavy atom. The topological polar surface area (TPSA) is 58.2 Å². The van der Waals surface area contributed by atoms with Gasteiger partial charge in [-0.2, -0.15) is 0 Å². The molecule has 2 rings (SSSR count). The van der Waals surface area contributed by atoms with Gasteiger partial charge in [-0.15, -0.1) is 0 Å². The summed E-state index contributed by atoms with van der Waals surface area (Å²) in [6, 6.07) is 10.3. The molecule has 2 aromatic carbocycles. The first-order valence-corrected chi connectivity index (χ1v) is 7.47. The molecular weight excluding hydrogens is 279 g/mol. The molecule has 0 heterocycles. The van der Waals surface area contributed by atoms with Crippen molar-refractivity contribution >= 4 is 21.4 Å². The van der Waals surface area contributed by atoms with Crippen molar-refractivity contribution in [3.63, 3.8) is 0 Å². The number of hydrogen-bond acceptors (Lipinski definition) is 3. The first kappa shape index (κ1) is 14.3. The molecule has 0 atom stereocenters. The maximum absolute atomic E-state index is 13.0. The third kappa shape index (κ3) is 3.08. The van der Waals surface area contributed by atoms with Gasteiger partial charge in [0.2, 0.25) is 0 Å². The Labute approximate surface area is 117 Å². The number of hydrogen-bond donors (Lipinski definition) is 2. The fourth-order valence-corrected chi connectivity index (χ4v) is 2.88. The van der Waals surface area contributed by atoms with Crippen LogP contribution in [0.1, 0.15) is 5.56 Å². The highest BCUT2D eigenvalue weighted by Crippen LogP contribution is 2.21. The van der Waals surface area contributed by atoms with Crippen LogP contribution in [0.3, 0.4) is 0 Å². The van der Waals surface area contributed by atoms with Gasteiger partial charge in [0.25, 0.3) is 10.0 Å². The highest BCUT2D eigenvalue weighted by Gasteiger charge is 2.15. The summed E-state index contributed by atoms with van der Waals surface area (Å²) in [4.78, 5) is 0.153. The Hall–Kier alpha value is -2.08. The van der Waals surface area contributed by atoms with Crippen molar-refractivity contribution < 1.29 is 12.8 Å². The van der Waals surface area contributed by atoms with Crippen LogP contribution in [0.25, 0.3) is 0 Å². The van der Waals surface area contributed by atoms with E-state index in [9.17, 15) is 12.8 Å². The van der Waals surface area contributed by atoms with Crippen molar-refractivity contribution in [2.75, 3.05) is 17.1 Å². The minimum atomic E-state index is -3.67. The summed E-state index contributed by atoms with van der Waals surface area (Å²) in [5.41, 5.74) is 1.71. The summed E-state index contributed by atoms with van der Waals surface area (Å²) in [5, 5.41) is 2.91. The lowest BCUT2D eigenvalue weighted by Crippen LogP contribution is -2.13. The molecule has 2 aromatic rings. The van der Waals surface area contributed by atoms with Gasteiger partial charge in [0.05, 0.1) is 10.6 Å². The predicted molar refractivity (Wildman–Crippen MR) is 77.9 cm³/mol. The molecule has 0 radical (unpaired) electrons. The standard InChI is InChI=1S/C14H15FN2O2S/c1-10-9-11(15)3-8-14(10)17-20(18,19)13-6-4-12(16-2)5-7-13/h3-9,16-17H,1-2H3. The van der Waals surface area contributed by atoms with E-state index in [1.807, 2.05) is 0 Å². The van der Waals surface area contributed by atoms with Crippen LogP contribution in [0.15, 0.2) is 47.4 Å². The normalized spacial score (nSPS) is 11.2. The van der Waals surface area contributed by atoms with Gasteiger partial charge in [0.15, 0.2) is 0 Å². The zero-order chi connectivity index (χ0) is 14.8. The molecule has 0 aliphatic carbocycles. The summed E-state index contributed by atoms with van der Waals surface area (Å²) < 4.78 is 39.9. The smallest absolute Gasteiger partial charge is 0.261 e. The number of halogens is 1. The van der Waals surface area contributed by atoms with Gasteiger partial charge in [-0.1, -0.05) is 0 Å². The molecule has 0 aromatic heterocycles. The number of benzene rings is 2. The summed E-state index contributed by atoms with van der Waals surface area (Å²) in [6.45, 7) is 1.64. The van der Waals surface area contributed by atoms with Crippen LogP contribution in [-0.4, -0.2) is 15.5 Å². The van der Waals surface area contributed by atoms with Crippen molar-refractivity contribution in [2.45, 2.75) is 11.8 Å². The summed E-state index contributed by atoms with van der Waals surface area (Å²) in [5.74, 6) is -0.399. The molecule has 4 nitrogen and oxygen atoms in total. The molecule has 0 fully saturated rings. The predicted octanol–water partition coefficient (Wildman–Crippen LogP) is 2.98. The molecule has 0 unspecified atom stereocenters. The van der Waals surface area contributed by atoms with Gasteiger partial charge in [-0.25, -0.2) is 12.8 Å². The zero-order valence-electron chi connectivity index (χ0n) is 11.1. The third-order valence-electron chi connectivity index (χ3n) is 2.89. The fourth-order valence-electron chi connectivity index (χ4n) is 1.75. The second kappa shape index (κ2) is 5.50. The SMILES string of the molecule is CNc1ccc(S(=O)(=O)Nc2ccc(F)cc2C)cc1. The van der Waals surface area contributed by atoms with E-state index in [2.05, 4.69) is 10.0 Å². The molecule has 106 valence electrons. The average molecular weight is 294 g/mol. The Balaban J connectivity index is 2.30. The van der Waals surface area contributed by atoms with E-state index in [0.29, 0.717) is 11.3 Å². The highest BCUT2D eigenvalue weighted by molar-refractivity contribution is 7.92. The van der Waals surface area contributed by atoms with Crippen molar-refractivity contribution in [3.8, 4) is 0 Å². The van der Waals surface area contributed by atoms with E-state index in [0.717, 1.165) is 5.69 Å². The number of anilines is 2. The number of sulfonamides is 1. The minimum absolute atomic E-state index is 0.153. The first-order chi connectivity index (χ1) is 9.42. The lowest BCUT2D eigenvalue weighted by Gasteiger charge is -2.11. The monoisotopic (exact) mass is 294 g/mol. The first-order valence-electron chi connectivity index (χ1n) is 5.99. The molecule has 0 aliphatic rings. The van der Waals surface area contributed by atoms with Crippen LogP contribution in [0.4, 0.5) is 15.8 Å². The van der Waals surface area contributed by atoms with Gasteiger partial charge in [0, 0.05) is 12.7 Å². The number of nitrogens with one attached hydrogen (secondary N) is 2. The van der Waals surface area contributed by atoms with Crippen LogP contribution in [0.5, 0.6) is 0 Å². The van der Waals surface area contributed by atoms with Crippen LogP contribution in [0, 0.1) is 12.7 Å². The van der Waals surface area contributed by atoms with Crippen LogP contribution in [0.2, 0.25) is 0 Å². The van der Waals surface area contributed by atoms with E-state index >= 15 is 0 Å². The van der Waals surface area contributed by atoms with E-state index in [4.69, 9.17) is 0 Å². The molecule has 0 saturated heterocycles. The largest absolute Gasteiger partial charge is 0.388 e. The second-order valence-corrected chi connectivity index (χ2v) is 6.02. The van der Waals surface area contributed by atoms with Gasteiger partial charge in [-0.3, -0.25) is 4.72 Å². The van der Waals surface area contributed by atoms with Crippen molar-refractivity contribution in [2.24, 2.45) is 0 Å². The molecule has 0 spiro atoms. The Kier molecular flexibility index (Phi) is 3.94. The molecular formula is C14H15FN2O2S. The summed E-state index contributed by atoms with van der Waals surface area (Å²) >= 11 is 0. The summed E-state index contributed by atoms with van der Waals surface area (Å²) in [7, 11) is -1.92. The van der Waals surface area contributed by atoms with E-state index in [1.54, 1.807) is 26.1 Å². The molecule has 0 aliphatic heterocycles. The van der Waals surface area contributed by atoms with Crippen LogP contribution in [-0.2, 0) is 10.0 Å². The van der Waals surface area contributed by atoms with Crippen LogP contribution >= 0.6 is 0 Å². The minimum Gasteiger partial charge on any atom is -0.388 e. The fraction of sp³-hybridized carbons (Fsp3) is 0.143. The molecule has 6 heteroatoms. The third-order valence-corrected chi connectivity index (χ3v) is 4.27. The Morgan fingerprint density at radius 2 is 1.70 bits per heavy atom. The van der Waals surface area contributed by atoms with Gasteiger partial charge in [0.1, 0.15) is 5.82 Å². The quantitative estimate of drug-likeness (QED) is 0.911. The summed E-state index contributed by atoms with van der Waals surface area (Å²) in [6.07, 6.45) is 0. The Bertz CT molecular complexity index is 712. The maximum Gasteiger partial charge on any atom is 0.261 e. The van der Waals surface area contributed by atoms with E-state index in [1.165, 1.54) is 30.3 Å². The van der Waals surface area contributed by atoms with Crippen molar-refractivity contribution in [3.05, 3.63) is 53.8 Å². The van der Waals surface area contributed by atoms with Gasteiger partial charge in [-0.05, 0) is 55.0 Å². The Morgan fingerprint density at radius 1 is 1.05 bits per heavy atom.